The van der Waals surface area contributed by atoms with Crippen LogP contribution >= 0.6 is 0 Å². The van der Waals surface area contributed by atoms with Gasteiger partial charge in [0.05, 0.1) is 7.11 Å². The van der Waals surface area contributed by atoms with Gasteiger partial charge in [-0.3, -0.25) is 0 Å². The molecule has 0 spiro atoms. The van der Waals surface area contributed by atoms with Crippen LogP contribution in [0.5, 0.6) is 5.75 Å². The van der Waals surface area contributed by atoms with Gasteiger partial charge in [-0.05, 0) is 19.7 Å². The van der Waals surface area contributed by atoms with E-state index in [0.717, 1.165) is 5.56 Å². The van der Waals surface area contributed by atoms with Crippen LogP contribution in [0.1, 0.15) is 5.56 Å². The molecule has 0 amide bonds. The van der Waals surface area contributed by atoms with Gasteiger partial charge < -0.3 is 22.6 Å². The molecule has 19 heavy (non-hydrogen) atoms. The van der Waals surface area contributed by atoms with Gasteiger partial charge in [0.25, 0.3) is 0 Å². The van der Waals surface area contributed by atoms with Crippen LogP contribution in [0.3, 0.4) is 0 Å². The molecule has 0 radical (unpaired) electrons. The molecule has 0 aliphatic rings. The molecule has 100 valence electrons. The van der Waals surface area contributed by atoms with Crippen LogP contribution < -0.4 is 56.1 Å². The number of methoxy groups -OCH3 is 1. The summed E-state index contributed by atoms with van der Waals surface area (Å²) in [6.07, 6.45) is 0. The zero-order valence-electron chi connectivity index (χ0n) is 11.5. The van der Waals surface area contributed by atoms with E-state index in [0.29, 0.717) is 12.3 Å². The maximum absolute atomic E-state index is 12.4. The Labute approximate surface area is 154 Å². The van der Waals surface area contributed by atoms with Gasteiger partial charge in [0.15, 0.2) is 0 Å². The number of hydrogen-bond acceptors (Lipinski definition) is 2. The third-order valence-electron chi connectivity index (χ3n) is 2.57. The van der Waals surface area contributed by atoms with Crippen molar-refractivity contribution in [1.29, 1.82) is 0 Å². The largest absolute Gasteiger partial charge is 1.00 e. The predicted molar refractivity (Wildman–Crippen MR) is 67.5 cm³/mol. The van der Waals surface area contributed by atoms with E-state index in [1.807, 2.05) is 18.2 Å². The molecule has 7 heteroatoms. The van der Waals surface area contributed by atoms with Gasteiger partial charge in [0.2, 0.25) is 0 Å². The van der Waals surface area contributed by atoms with Crippen molar-refractivity contribution in [1.82, 2.24) is 4.90 Å². The van der Waals surface area contributed by atoms with E-state index in [1.165, 1.54) is 7.11 Å². The van der Waals surface area contributed by atoms with E-state index in [1.54, 1.807) is 18.0 Å². The first-order valence-corrected chi connectivity index (χ1v) is 5.52. The molecule has 0 saturated heterocycles. The Kier molecular flexibility index (Phi) is 8.58. The van der Waals surface area contributed by atoms with Crippen LogP contribution in [0, 0.1) is 0 Å². The molecule has 0 aliphatic carbocycles. The fourth-order valence-electron chi connectivity index (χ4n) is 1.63. The van der Waals surface area contributed by atoms with E-state index in [-0.39, 0.29) is 57.9 Å². The summed E-state index contributed by atoms with van der Waals surface area (Å²) in [4.78, 5) is 1.56. The Morgan fingerprint density at radius 1 is 1.32 bits per heavy atom. The molecule has 0 bridgehead atoms. The molecule has 0 aromatic heterocycles. The van der Waals surface area contributed by atoms with Gasteiger partial charge in [-0.15, -0.1) is 12.1 Å². The first-order valence-electron chi connectivity index (χ1n) is 5.52. The molecule has 1 aromatic carbocycles. The van der Waals surface area contributed by atoms with Crippen molar-refractivity contribution >= 4 is 6.98 Å². The van der Waals surface area contributed by atoms with Gasteiger partial charge in [0.1, 0.15) is 5.75 Å². The van der Waals surface area contributed by atoms with Gasteiger partial charge in [-0.1, -0.05) is 18.2 Å². The second kappa shape index (κ2) is 8.49. The number of likely N-dealkylation sites (N-methyl/N-ethyl adjacent to an activating group) is 1. The molecule has 0 heterocycles. The monoisotopic (exact) mass is 297 g/mol. The first-order chi connectivity index (χ1) is 8.34. The molecule has 0 fully saturated rings. The second-order valence-electron chi connectivity index (χ2n) is 4.22. The Morgan fingerprint density at radius 2 is 1.89 bits per heavy atom. The molecule has 0 N–H and O–H groups in total. The van der Waals surface area contributed by atoms with E-state index in [2.05, 4.69) is 6.58 Å². The smallest absolute Gasteiger partial charge is 0.496 e. The van der Waals surface area contributed by atoms with Crippen molar-refractivity contribution in [2.24, 2.45) is 0 Å². The van der Waals surface area contributed by atoms with Crippen molar-refractivity contribution in [2.75, 3.05) is 20.7 Å². The summed E-state index contributed by atoms with van der Waals surface area (Å²) in [6.45, 7) is -1.69. The van der Waals surface area contributed by atoms with Crippen molar-refractivity contribution < 1.29 is 69.1 Å². The number of nitrogens with zero attached hydrogens (tertiary/aromatic N) is 1. The summed E-state index contributed by atoms with van der Waals surface area (Å²) < 4.78 is 42.4. The number of para-hydroxylation sites is 1. The summed E-state index contributed by atoms with van der Waals surface area (Å²) >= 11 is 0. The van der Waals surface area contributed by atoms with Crippen molar-refractivity contribution in [3.05, 3.63) is 41.9 Å². The minimum Gasteiger partial charge on any atom is -0.496 e. The third-order valence-corrected chi connectivity index (χ3v) is 2.57. The average Bonchev–Trinajstić information content (AvgIpc) is 2.28. The Hall–Kier alpha value is 0.211. The Balaban J connectivity index is 0.00000324. The molecule has 2 nitrogen and oxygen atoms in total. The van der Waals surface area contributed by atoms with Crippen molar-refractivity contribution in [2.45, 2.75) is 6.54 Å². The summed E-state index contributed by atoms with van der Waals surface area (Å²) in [6, 6.07) is 7.26. The molecule has 0 unspecified atom stereocenters. The van der Waals surface area contributed by atoms with Crippen LogP contribution in [0.25, 0.3) is 0 Å². The second-order valence-corrected chi connectivity index (χ2v) is 4.22. The SMILES string of the molecule is C=C(CN(C)Cc1ccccc1OC)[B-](F)(F)F.[K+]. The Bertz CT molecular complexity index is 426. The van der Waals surface area contributed by atoms with Crippen LogP contribution in [-0.2, 0) is 6.54 Å². The maximum Gasteiger partial charge on any atom is 1.00 e. The minimum absolute atomic E-state index is 0. The standard InChI is InChI=1S/C12H16BF3NO.K/c1-10(13(14,15)16)8-17(2)9-11-6-4-5-7-12(11)18-3;/h4-7H,1,8-9H2,2-3H3;/q-1;+1. The van der Waals surface area contributed by atoms with Gasteiger partial charge in [-0.25, -0.2) is 0 Å². The summed E-state index contributed by atoms with van der Waals surface area (Å²) in [5.41, 5.74) is 0.164. The normalized spacial score (nSPS) is 11.1. The zero-order valence-corrected chi connectivity index (χ0v) is 14.6. The zero-order chi connectivity index (χ0) is 13.8. The number of ether oxygens (including phenoxy) is 1. The van der Waals surface area contributed by atoms with Crippen LogP contribution in [0.4, 0.5) is 12.9 Å². The molecule has 0 atom stereocenters. The number of hydrogen-bond donors (Lipinski definition) is 0. The van der Waals surface area contributed by atoms with Crippen LogP contribution in [0.2, 0.25) is 0 Å². The van der Waals surface area contributed by atoms with Gasteiger partial charge in [-0.2, -0.15) is 0 Å². The van der Waals surface area contributed by atoms with E-state index in [4.69, 9.17) is 4.74 Å². The van der Waals surface area contributed by atoms with Crippen LogP contribution in [-0.4, -0.2) is 32.6 Å². The maximum atomic E-state index is 12.4. The van der Waals surface area contributed by atoms with E-state index < -0.39 is 12.4 Å². The number of rotatable bonds is 6. The molecule has 0 saturated carbocycles. The number of halogens is 3. The topological polar surface area (TPSA) is 12.5 Å². The van der Waals surface area contributed by atoms with Crippen molar-refractivity contribution in [3.8, 4) is 5.75 Å². The minimum atomic E-state index is -4.96. The summed E-state index contributed by atoms with van der Waals surface area (Å²) in [7, 11) is 3.16. The molecule has 1 rings (SSSR count). The predicted octanol–water partition coefficient (Wildman–Crippen LogP) is 0.0738. The summed E-state index contributed by atoms with van der Waals surface area (Å²) in [5.74, 6) is 0.674. The molecular formula is C12H16BF3KNO. The molecule has 0 aliphatic heterocycles. The van der Waals surface area contributed by atoms with Gasteiger partial charge in [0, 0.05) is 12.1 Å². The third kappa shape index (κ3) is 6.46. The first kappa shape index (κ1) is 19.2. The van der Waals surface area contributed by atoms with E-state index in [9.17, 15) is 12.9 Å². The van der Waals surface area contributed by atoms with Crippen molar-refractivity contribution in [3.63, 3.8) is 0 Å². The molecular weight excluding hydrogens is 281 g/mol. The van der Waals surface area contributed by atoms with Gasteiger partial charge >= 0.3 is 58.4 Å². The molecule has 1 aromatic rings. The fourth-order valence-corrected chi connectivity index (χ4v) is 1.63. The Morgan fingerprint density at radius 3 is 2.42 bits per heavy atom. The van der Waals surface area contributed by atoms with E-state index >= 15 is 0 Å². The van der Waals surface area contributed by atoms with Crippen LogP contribution in [0.15, 0.2) is 36.3 Å². The fraction of sp³-hybridized carbons (Fsp3) is 0.333. The average molecular weight is 297 g/mol. The number of benzene rings is 1. The summed E-state index contributed by atoms with van der Waals surface area (Å²) in [5, 5.41) is 0. The quantitative estimate of drug-likeness (QED) is 0.689.